The number of halogens is 1. The average molecular weight is 332 g/mol. The smallest absolute Gasteiger partial charge is 0.337 e. The number of nitrogens with one attached hydrogen (secondary N) is 1. The molecule has 6 heteroatoms. The van der Waals surface area contributed by atoms with E-state index in [9.17, 15) is 15.0 Å². The second kappa shape index (κ2) is 7.59. The molecule has 0 aliphatic carbocycles. The Morgan fingerprint density at radius 1 is 1.47 bits per heavy atom. The van der Waals surface area contributed by atoms with Crippen LogP contribution in [0.4, 0.5) is 0 Å². The van der Waals surface area contributed by atoms with E-state index in [4.69, 9.17) is 0 Å². The Labute approximate surface area is 120 Å². The van der Waals surface area contributed by atoms with Gasteiger partial charge in [-0.1, -0.05) is 22.0 Å². The standard InChI is InChI=1S/C13H18BrNO4/c1-15-6-5-11(16)12(17)9-4-3-8(7-10(9)14)13(18)19-2/h3-4,7,11-12,15-17H,5-6H2,1-2H3. The summed E-state index contributed by atoms with van der Waals surface area (Å²) >= 11 is 3.29. The first kappa shape index (κ1) is 16.1. The summed E-state index contributed by atoms with van der Waals surface area (Å²) in [6, 6.07) is 4.72. The number of aliphatic hydroxyl groups is 2. The van der Waals surface area contributed by atoms with Crippen molar-refractivity contribution < 1.29 is 19.7 Å². The molecule has 1 aromatic rings. The van der Waals surface area contributed by atoms with E-state index >= 15 is 0 Å². The van der Waals surface area contributed by atoms with Crippen molar-refractivity contribution >= 4 is 21.9 Å². The quantitative estimate of drug-likeness (QED) is 0.683. The summed E-state index contributed by atoms with van der Waals surface area (Å²) in [6.07, 6.45) is -1.44. The number of carbonyl (C=O) groups is 1. The molecule has 19 heavy (non-hydrogen) atoms. The Morgan fingerprint density at radius 2 is 2.16 bits per heavy atom. The molecule has 0 heterocycles. The fourth-order valence-electron chi connectivity index (χ4n) is 1.67. The Bertz CT molecular complexity index is 439. The van der Waals surface area contributed by atoms with E-state index in [1.807, 2.05) is 0 Å². The van der Waals surface area contributed by atoms with Gasteiger partial charge >= 0.3 is 5.97 Å². The normalized spacial score (nSPS) is 13.9. The Hall–Kier alpha value is -0.950. The highest BCUT2D eigenvalue weighted by atomic mass is 79.9. The average Bonchev–Trinajstić information content (AvgIpc) is 2.42. The number of rotatable bonds is 6. The molecule has 0 radical (unpaired) electrons. The number of benzene rings is 1. The zero-order valence-corrected chi connectivity index (χ0v) is 12.5. The van der Waals surface area contributed by atoms with Gasteiger partial charge in [0.05, 0.1) is 18.8 Å². The summed E-state index contributed by atoms with van der Waals surface area (Å²) in [7, 11) is 3.08. The molecule has 0 saturated heterocycles. The molecule has 1 rings (SSSR count). The van der Waals surface area contributed by atoms with Crippen LogP contribution in [0.3, 0.4) is 0 Å². The molecule has 0 fully saturated rings. The van der Waals surface area contributed by atoms with Crippen LogP contribution in [0.2, 0.25) is 0 Å². The lowest BCUT2D eigenvalue weighted by molar-refractivity contribution is 0.0136. The fourth-order valence-corrected chi connectivity index (χ4v) is 2.28. The van der Waals surface area contributed by atoms with Gasteiger partial charge in [0.2, 0.25) is 0 Å². The maximum atomic E-state index is 11.4. The van der Waals surface area contributed by atoms with E-state index in [0.717, 1.165) is 0 Å². The van der Waals surface area contributed by atoms with E-state index in [0.29, 0.717) is 28.6 Å². The zero-order valence-electron chi connectivity index (χ0n) is 10.9. The van der Waals surface area contributed by atoms with Gasteiger partial charge in [-0.3, -0.25) is 0 Å². The topological polar surface area (TPSA) is 78.8 Å². The Kier molecular flexibility index (Phi) is 6.44. The summed E-state index contributed by atoms with van der Waals surface area (Å²) in [4.78, 5) is 11.4. The molecule has 0 bridgehead atoms. The number of hydrogen-bond donors (Lipinski definition) is 3. The van der Waals surface area contributed by atoms with Crippen LogP contribution in [0.5, 0.6) is 0 Å². The molecule has 0 aliphatic rings. The number of hydrogen-bond acceptors (Lipinski definition) is 5. The lowest BCUT2D eigenvalue weighted by Crippen LogP contribution is -2.23. The van der Waals surface area contributed by atoms with Crippen molar-refractivity contribution in [3.63, 3.8) is 0 Å². The molecule has 0 aliphatic heterocycles. The first-order valence-electron chi connectivity index (χ1n) is 5.89. The second-order valence-electron chi connectivity index (χ2n) is 4.13. The van der Waals surface area contributed by atoms with Crippen molar-refractivity contribution in [3.8, 4) is 0 Å². The highest BCUT2D eigenvalue weighted by Gasteiger charge is 2.21. The molecule has 1 aromatic carbocycles. The van der Waals surface area contributed by atoms with E-state index in [1.165, 1.54) is 7.11 Å². The Balaban J connectivity index is 2.86. The fraction of sp³-hybridized carbons (Fsp3) is 0.462. The van der Waals surface area contributed by atoms with Crippen LogP contribution >= 0.6 is 15.9 Å². The van der Waals surface area contributed by atoms with Crippen molar-refractivity contribution in [1.29, 1.82) is 0 Å². The van der Waals surface area contributed by atoms with Crippen LogP contribution in [0.25, 0.3) is 0 Å². The zero-order chi connectivity index (χ0) is 14.4. The van der Waals surface area contributed by atoms with E-state index in [2.05, 4.69) is 26.0 Å². The number of aliphatic hydroxyl groups excluding tert-OH is 2. The minimum absolute atomic E-state index is 0.384. The summed E-state index contributed by atoms with van der Waals surface area (Å²) in [5.41, 5.74) is 0.922. The number of methoxy groups -OCH3 is 1. The predicted octanol–water partition coefficient (Wildman–Crippen LogP) is 1.24. The first-order valence-corrected chi connectivity index (χ1v) is 6.69. The summed E-state index contributed by atoms with van der Waals surface area (Å²) in [5.74, 6) is -0.447. The van der Waals surface area contributed by atoms with Crippen LogP contribution in [0, 0.1) is 0 Å². The van der Waals surface area contributed by atoms with Gasteiger partial charge in [-0.25, -0.2) is 4.79 Å². The maximum absolute atomic E-state index is 11.4. The third kappa shape index (κ3) is 4.28. The number of ether oxygens (including phenoxy) is 1. The van der Waals surface area contributed by atoms with E-state index in [-0.39, 0.29) is 0 Å². The molecule has 0 amide bonds. The van der Waals surface area contributed by atoms with Crippen molar-refractivity contribution in [2.75, 3.05) is 20.7 Å². The SMILES string of the molecule is CNCCC(O)C(O)c1ccc(C(=O)OC)cc1Br. The summed E-state index contributed by atoms with van der Waals surface area (Å²) in [6.45, 7) is 0.607. The molecule has 3 N–H and O–H groups in total. The monoisotopic (exact) mass is 331 g/mol. The maximum Gasteiger partial charge on any atom is 0.337 e. The Morgan fingerprint density at radius 3 is 2.68 bits per heavy atom. The van der Waals surface area contributed by atoms with Gasteiger partial charge in [0.1, 0.15) is 6.10 Å². The lowest BCUT2D eigenvalue weighted by atomic mass is 10.0. The summed E-state index contributed by atoms with van der Waals surface area (Å²) < 4.78 is 5.17. The van der Waals surface area contributed by atoms with Crippen molar-refractivity contribution in [2.45, 2.75) is 18.6 Å². The highest BCUT2D eigenvalue weighted by molar-refractivity contribution is 9.10. The van der Waals surface area contributed by atoms with Gasteiger partial charge in [0, 0.05) is 4.47 Å². The van der Waals surface area contributed by atoms with Gasteiger partial charge in [0.25, 0.3) is 0 Å². The third-order valence-corrected chi connectivity index (χ3v) is 3.48. The van der Waals surface area contributed by atoms with Gasteiger partial charge in [-0.15, -0.1) is 0 Å². The molecule has 5 nitrogen and oxygen atoms in total. The van der Waals surface area contributed by atoms with E-state index in [1.54, 1.807) is 25.2 Å². The molecule has 0 spiro atoms. The van der Waals surface area contributed by atoms with Gasteiger partial charge in [-0.05, 0) is 37.7 Å². The van der Waals surface area contributed by atoms with Crippen LogP contribution < -0.4 is 5.32 Å². The molecular formula is C13H18BrNO4. The highest BCUT2D eigenvalue weighted by Crippen LogP contribution is 2.28. The van der Waals surface area contributed by atoms with E-state index < -0.39 is 18.2 Å². The first-order chi connectivity index (χ1) is 9.01. The number of carbonyl (C=O) groups excluding carboxylic acids is 1. The molecule has 0 aromatic heterocycles. The predicted molar refractivity (Wildman–Crippen MR) is 75.0 cm³/mol. The van der Waals surface area contributed by atoms with Crippen LogP contribution in [0.15, 0.2) is 22.7 Å². The minimum atomic E-state index is -1.01. The van der Waals surface area contributed by atoms with Gasteiger partial charge in [-0.2, -0.15) is 0 Å². The lowest BCUT2D eigenvalue weighted by Gasteiger charge is -2.19. The molecular weight excluding hydrogens is 314 g/mol. The van der Waals surface area contributed by atoms with Crippen molar-refractivity contribution in [1.82, 2.24) is 5.32 Å². The van der Waals surface area contributed by atoms with Crippen molar-refractivity contribution in [2.24, 2.45) is 0 Å². The molecule has 2 atom stereocenters. The van der Waals surface area contributed by atoms with Crippen LogP contribution in [-0.2, 0) is 4.74 Å². The van der Waals surface area contributed by atoms with Crippen molar-refractivity contribution in [3.05, 3.63) is 33.8 Å². The molecule has 106 valence electrons. The summed E-state index contributed by atoms with van der Waals surface area (Å²) in [5, 5.41) is 22.8. The molecule has 0 saturated carbocycles. The third-order valence-electron chi connectivity index (χ3n) is 2.79. The molecule has 2 unspecified atom stereocenters. The van der Waals surface area contributed by atoms with Gasteiger partial charge < -0.3 is 20.3 Å². The number of esters is 1. The second-order valence-corrected chi connectivity index (χ2v) is 4.99. The minimum Gasteiger partial charge on any atom is -0.465 e. The van der Waals surface area contributed by atoms with Crippen LogP contribution in [-0.4, -0.2) is 43.0 Å². The van der Waals surface area contributed by atoms with Crippen LogP contribution in [0.1, 0.15) is 28.4 Å². The van der Waals surface area contributed by atoms with Gasteiger partial charge in [0.15, 0.2) is 0 Å². The largest absolute Gasteiger partial charge is 0.465 e.